The monoisotopic (exact) mass is 304 g/mol. The second kappa shape index (κ2) is 7.68. The molecule has 0 unspecified atom stereocenters. The molecule has 1 fully saturated rings. The van der Waals surface area contributed by atoms with Gasteiger partial charge in [-0.15, -0.1) is 0 Å². The topological polar surface area (TPSA) is 110 Å². The molecule has 120 valence electrons. The Balaban J connectivity index is 1.85. The summed E-state index contributed by atoms with van der Waals surface area (Å²) in [6, 6.07) is 5.32. The minimum absolute atomic E-state index is 0.0423. The van der Waals surface area contributed by atoms with E-state index in [4.69, 9.17) is 11.5 Å². The Morgan fingerprint density at radius 3 is 2.59 bits per heavy atom. The highest BCUT2D eigenvalue weighted by atomic mass is 16.1. The summed E-state index contributed by atoms with van der Waals surface area (Å²) < 4.78 is 0. The molecule has 0 aliphatic heterocycles. The van der Waals surface area contributed by atoms with E-state index in [2.05, 4.69) is 10.6 Å². The van der Waals surface area contributed by atoms with Crippen molar-refractivity contribution in [1.29, 1.82) is 0 Å². The Kier molecular flexibility index (Phi) is 5.63. The number of anilines is 3. The molecule has 2 amide bonds. The fraction of sp³-hybridized carbons (Fsp3) is 0.500. The number of carbonyl (C=O) groups excluding carboxylic acids is 2. The third-order valence-electron chi connectivity index (χ3n) is 3.97. The summed E-state index contributed by atoms with van der Waals surface area (Å²) >= 11 is 0. The second-order valence-corrected chi connectivity index (χ2v) is 5.85. The maximum absolute atomic E-state index is 12.0. The summed E-state index contributed by atoms with van der Waals surface area (Å²) in [5.74, 6) is 0.203. The van der Waals surface area contributed by atoms with Crippen LogP contribution in [0.4, 0.5) is 17.1 Å². The van der Waals surface area contributed by atoms with Gasteiger partial charge in [0.25, 0.3) is 0 Å². The van der Waals surface area contributed by atoms with Gasteiger partial charge in [0, 0.05) is 25.1 Å². The first-order valence-electron chi connectivity index (χ1n) is 7.76. The zero-order valence-corrected chi connectivity index (χ0v) is 12.7. The fourth-order valence-corrected chi connectivity index (χ4v) is 2.81. The van der Waals surface area contributed by atoms with E-state index >= 15 is 0 Å². The van der Waals surface area contributed by atoms with E-state index in [0.29, 0.717) is 30.3 Å². The highest BCUT2D eigenvalue weighted by Crippen LogP contribution is 2.28. The van der Waals surface area contributed by atoms with Crippen molar-refractivity contribution in [2.24, 2.45) is 11.7 Å². The molecule has 0 heterocycles. The number of rotatable bonds is 7. The van der Waals surface area contributed by atoms with Crippen LogP contribution in [0.25, 0.3) is 0 Å². The first kappa shape index (κ1) is 16.1. The third kappa shape index (κ3) is 4.95. The van der Waals surface area contributed by atoms with Gasteiger partial charge in [0.2, 0.25) is 11.8 Å². The van der Waals surface area contributed by atoms with Gasteiger partial charge in [-0.05, 0) is 37.0 Å². The minimum atomic E-state index is -0.359. The normalized spacial score (nSPS) is 14.7. The molecule has 1 aliphatic rings. The van der Waals surface area contributed by atoms with Crippen LogP contribution in [0.3, 0.4) is 0 Å². The Bertz CT molecular complexity index is 539. The SMILES string of the molecule is NC(=O)CCNc1ccc(NC(=O)CC2CCCC2)cc1N. The predicted octanol–water partition coefficient (Wildman–Crippen LogP) is 2.07. The number of primary amides is 1. The lowest BCUT2D eigenvalue weighted by molar-refractivity contribution is -0.118. The number of hydrogen-bond acceptors (Lipinski definition) is 4. The summed E-state index contributed by atoms with van der Waals surface area (Å²) in [6.45, 7) is 0.437. The molecule has 6 nitrogen and oxygen atoms in total. The molecule has 6 heteroatoms. The van der Waals surface area contributed by atoms with Crippen LogP contribution in [-0.4, -0.2) is 18.4 Å². The zero-order chi connectivity index (χ0) is 15.9. The molecule has 22 heavy (non-hydrogen) atoms. The number of carbonyl (C=O) groups is 2. The van der Waals surface area contributed by atoms with E-state index in [1.165, 1.54) is 12.8 Å². The van der Waals surface area contributed by atoms with Gasteiger partial charge in [0.15, 0.2) is 0 Å². The van der Waals surface area contributed by atoms with Crippen molar-refractivity contribution in [3.8, 4) is 0 Å². The van der Waals surface area contributed by atoms with Crippen LogP contribution in [0, 0.1) is 5.92 Å². The van der Waals surface area contributed by atoms with Gasteiger partial charge in [0.1, 0.15) is 0 Å². The Hall–Kier alpha value is -2.24. The van der Waals surface area contributed by atoms with Crippen molar-refractivity contribution in [2.75, 3.05) is 22.9 Å². The number of benzene rings is 1. The molecule has 0 radical (unpaired) electrons. The van der Waals surface area contributed by atoms with Crippen LogP contribution in [0.2, 0.25) is 0 Å². The van der Waals surface area contributed by atoms with Crippen LogP contribution in [0.5, 0.6) is 0 Å². The average Bonchev–Trinajstić information content (AvgIpc) is 2.93. The van der Waals surface area contributed by atoms with Crippen molar-refractivity contribution in [1.82, 2.24) is 0 Å². The number of amides is 2. The lowest BCUT2D eigenvalue weighted by atomic mass is 10.0. The number of hydrogen-bond donors (Lipinski definition) is 4. The fourth-order valence-electron chi connectivity index (χ4n) is 2.81. The van der Waals surface area contributed by atoms with Gasteiger partial charge >= 0.3 is 0 Å². The predicted molar refractivity (Wildman–Crippen MR) is 88.4 cm³/mol. The van der Waals surface area contributed by atoms with Crippen molar-refractivity contribution in [3.05, 3.63) is 18.2 Å². The Morgan fingerprint density at radius 2 is 1.95 bits per heavy atom. The van der Waals surface area contributed by atoms with Crippen molar-refractivity contribution in [3.63, 3.8) is 0 Å². The molecular weight excluding hydrogens is 280 g/mol. The summed E-state index contributed by atoms with van der Waals surface area (Å²) in [7, 11) is 0. The van der Waals surface area contributed by atoms with Crippen molar-refractivity contribution < 1.29 is 9.59 Å². The highest BCUT2D eigenvalue weighted by molar-refractivity contribution is 5.92. The lowest BCUT2D eigenvalue weighted by Crippen LogP contribution is -2.17. The van der Waals surface area contributed by atoms with Crippen LogP contribution in [-0.2, 0) is 9.59 Å². The molecule has 0 atom stereocenters. The van der Waals surface area contributed by atoms with Crippen LogP contribution in [0.1, 0.15) is 38.5 Å². The van der Waals surface area contributed by atoms with E-state index in [-0.39, 0.29) is 18.2 Å². The van der Waals surface area contributed by atoms with Gasteiger partial charge in [-0.25, -0.2) is 0 Å². The van der Waals surface area contributed by atoms with E-state index in [0.717, 1.165) is 18.5 Å². The smallest absolute Gasteiger partial charge is 0.224 e. The molecule has 1 aliphatic carbocycles. The average molecular weight is 304 g/mol. The zero-order valence-electron chi connectivity index (χ0n) is 12.7. The van der Waals surface area contributed by atoms with Gasteiger partial charge in [-0.3, -0.25) is 9.59 Å². The summed E-state index contributed by atoms with van der Waals surface area (Å²) in [6.07, 6.45) is 5.60. The Morgan fingerprint density at radius 1 is 1.23 bits per heavy atom. The molecular formula is C16H24N4O2. The van der Waals surface area contributed by atoms with Gasteiger partial charge < -0.3 is 22.1 Å². The standard InChI is InChI=1S/C16H24N4O2/c17-13-10-12(5-6-14(13)19-8-7-15(18)21)20-16(22)9-11-3-1-2-4-11/h5-6,10-11,19H,1-4,7-9,17H2,(H2,18,21)(H,20,22). The van der Waals surface area contributed by atoms with Gasteiger partial charge in [-0.2, -0.15) is 0 Å². The molecule has 0 saturated heterocycles. The maximum atomic E-state index is 12.0. The van der Waals surface area contributed by atoms with E-state index in [9.17, 15) is 9.59 Å². The summed E-state index contributed by atoms with van der Waals surface area (Å²) in [4.78, 5) is 22.7. The quantitative estimate of drug-likeness (QED) is 0.578. The van der Waals surface area contributed by atoms with Gasteiger partial charge in [0.05, 0.1) is 11.4 Å². The van der Waals surface area contributed by atoms with E-state index < -0.39 is 0 Å². The second-order valence-electron chi connectivity index (χ2n) is 5.85. The number of nitrogens with one attached hydrogen (secondary N) is 2. The first-order valence-corrected chi connectivity index (χ1v) is 7.76. The van der Waals surface area contributed by atoms with Crippen LogP contribution >= 0.6 is 0 Å². The molecule has 6 N–H and O–H groups in total. The maximum Gasteiger partial charge on any atom is 0.224 e. The molecule has 1 aromatic rings. The molecule has 0 bridgehead atoms. The lowest BCUT2D eigenvalue weighted by Gasteiger charge is -2.12. The molecule has 0 aromatic heterocycles. The Labute approximate surface area is 130 Å². The molecule has 2 rings (SSSR count). The minimum Gasteiger partial charge on any atom is -0.397 e. The van der Waals surface area contributed by atoms with Crippen molar-refractivity contribution in [2.45, 2.75) is 38.5 Å². The summed E-state index contributed by atoms with van der Waals surface area (Å²) in [5.41, 5.74) is 13.0. The van der Waals surface area contributed by atoms with Crippen LogP contribution < -0.4 is 22.1 Å². The van der Waals surface area contributed by atoms with Crippen molar-refractivity contribution >= 4 is 28.9 Å². The molecule has 1 saturated carbocycles. The van der Waals surface area contributed by atoms with Gasteiger partial charge in [-0.1, -0.05) is 12.8 Å². The van der Waals surface area contributed by atoms with E-state index in [1.807, 2.05) is 0 Å². The molecule has 1 aromatic carbocycles. The summed E-state index contributed by atoms with van der Waals surface area (Å²) in [5, 5.41) is 5.94. The number of nitrogen functional groups attached to an aromatic ring is 1. The highest BCUT2D eigenvalue weighted by Gasteiger charge is 2.18. The third-order valence-corrected chi connectivity index (χ3v) is 3.97. The van der Waals surface area contributed by atoms with Crippen LogP contribution in [0.15, 0.2) is 18.2 Å². The molecule has 0 spiro atoms. The number of nitrogens with two attached hydrogens (primary N) is 2. The van der Waals surface area contributed by atoms with E-state index in [1.54, 1.807) is 18.2 Å². The largest absolute Gasteiger partial charge is 0.397 e. The first-order chi connectivity index (χ1) is 10.5.